The summed E-state index contributed by atoms with van der Waals surface area (Å²) < 4.78 is 0. The maximum absolute atomic E-state index is 10.6. The zero-order chi connectivity index (χ0) is 10.9. The summed E-state index contributed by atoms with van der Waals surface area (Å²) in [4.78, 5) is 0. The van der Waals surface area contributed by atoms with Gasteiger partial charge in [-0.25, -0.2) is 0 Å². The van der Waals surface area contributed by atoms with Gasteiger partial charge in [-0.15, -0.1) is 0 Å². The quantitative estimate of drug-likeness (QED) is 0.696. The Morgan fingerprint density at radius 1 is 0.923 bits per heavy atom. The summed E-state index contributed by atoms with van der Waals surface area (Å²) in [5.74, 6) is 0. The van der Waals surface area contributed by atoms with Crippen LogP contribution in [0.1, 0.15) is 48.0 Å². The molecule has 3 N–H and O–H groups in total. The van der Waals surface area contributed by atoms with Gasteiger partial charge in [-0.05, 0) is 23.8 Å². The van der Waals surface area contributed by atoms with E-state index >= 15 is 0 Å². The zero-order valence-corrected chi connectivity index (χ0v) is 9.94. The van der Waals surface area contributed by atoms with E-state index in [2.05, 4.69) is 41.5 Å². The zero-order valence-electron chi connectivity index (χ0n) is 9.94. The van der Waals surface area contributed by atoms with Crippen molar-refractivity contribution >= 4 is 0 Å². The van der Waals surface area contributed by atoms with Crippen LogP contribution in [0.15, 0.2) is 0 Å². The largest absolute Gasteiger partial charge is 0.389 e. The molecule has 0 amide bonds. The maximum Gasteiger partial charge on any atom is 0.0755 e. The molecule has 80 valence electrons. The van der Waals surface area contributed by atoms with E-state index in [-0.39, 0.29) is 10.8 Å². The van der Waals surface area contributed by atoms with Gasteiger partial charge in [-0.2, -0.15) is 0 Å². The van der Waals surface area contributed by atoms with Gasteiger partial charge in [-0.3, -0.25) is 0 Å². The highest BCUT2D eigenvalue weighted by Gasteiger charge is 2.48. The van der Waals surface area contributed by atoms with Gasteiger partial charge in [0, 0.05) is 0 Å². The van der Waals surface area contributed by atoms with Gasteiger partial charge < -0.3 is 10.8 Å². The SMILES string of the molecule is CC(C)(C)C(O)(CCN)C(C)(C)C. The smallest absolute Gasteiger partial charge is 0.0755 e. The highest BCUT2D eigenvalue weighted by molar-refractivity contribution is 4.99. The molecular formula is C11H25NO. The van der Waals surface area contributed by atoms with Crippen molar-refractivity contribution in [3.63, 3.8) is 0 Å². The highest BCUT2D eigenvalue weighted by atomic mass is 16.3. The normalized spacial score (nSPS) is 14.8. The van der Waals surface area contributed by atoms with Gasteiger partial charge in [0.1, 0.15) is 0 Å². The fourth-order valence-electron chi connectivity index (χ4n) is 2.08. The summed E-state index contributed by atoms with van der Waals surface area (Å²) >= 11 is 0. The van der Waals surface area contributed by atoms with Gasteiger partial charge in [0.25, 0.3) is 0 Å². The lowest BCUT2D eigenvalue weighted by Gasteiger charge is -2.49. The monoisotopic (exact) mass is 187 g/mol. The average Bonchev–Trinajstić information content (AvgIpc) is 1.82. The molecule has 13 heavy (non-hydrogen) atoms. The van der Waals surface area contributed by atoms with Crippen LogP contribution in [-0.4, -0.2) is 17.3 Å². The van der Waals surface area contributed by atoms with Crippen molar-refractivity contribution < 1.29 is 5.11 Å². The van der Waals surface area contributed by atoms with Crippen molar-refractivity contribution in [3.8, 4) is 0 Å². The summed E-state index contributed by atoms with van der Waals surface area (Å²) in [7, 11) is 0. The Morgan fingerprint density at radius 3 is 1.31 bits per heavy atom. The first-order valence-electron chi connectivity index (χ1n) is 4.99. The second kappa shape index (κ2) is 3.58. The molecule has 0 aromatic carbocycles. The summed E-state index contributed by atoms with van der Waals surface area (Å²) in [5.41, 5.74) is 4.58. The molecule has 2 nitrogen and oxygen atoms in total. The molecule has 0 aliphatic carbocycles. The summed E-state index contributed by atoms with van der Waals surface area (Å²) in [5, 5.41) is 10.6. The predicted octanol–water partition coefficient (Wildman–Crippen LogP) is 2.16. The topological polar surface area (TPSA) is 46.2 Å². The molecule has 0 bridgehead atoms. The summed E-state index contributed by atoms with van der Waals surface area (Å²) in [6.45, 7) is 12.9. The minimum atomic E-state index is -0.700. The van der Waals surface area contributed by atoms with Crippen LogP contribution in [0.2, 0.25) is 0 Å². The molecule has 0 rings (SSSR count). The van der Waals surface area contributed by atoms with E-state index < -0.39 is 5.60 Å². The summed E-state index contributed by atoms with van der Waals surface area (Å²) in [6, 6.07) is 0. The predicted molar refractivity (Wildman–Crippen MR) is 57.5 cm³/mol. The first-order chi connectivity index (χ1) is 5.56. The molecular weight excluding hydrogens is 162 g/mol. The minimum Gasteiger partial charge on any atom is -0.389 e. The Kier molecular flexibility index (Phi) is 3.56. The standard InChI is InChI=1S/C11H25NO/c1-9(2,3)11(13,7-8-12)10(4,5)6/h13H,7-8,12H2,1-6H3. The van der Waals surface area contributed by atoms with Crippen LogP contribution < -0.4 is 5.73 Å². The van der Waals surface area contributed by atoms with Gasteiger partial charge in [0.2, 0.25) is 0 Å². The molecule has 0 aromatic heterocycles. The van der Waals surface area contributed by atoms with Crippen molar-refractivity contribution in [1.82, 2.24) is 0 Å². The van der Waals surface area contributed by atoms with E-state index in [9.17, 15) is 5.11 Å². The third kappa shape index (κ3) is 2.44. The second-order valence-electron chi connectivity index (χ2n) is 5.90. The first kappa shape index (κ1) is 12.9. The number of nitrogens with two attached hydrogens (primary N) is 1. The van der Waals surface area contributed by atoms with Crippen LogP contribution in [0, 0.1) is 10.8 Å². The van der Waals surface area contributed by atoms with Crippen LogP contribution >= 0.6 is 0 Å². The molecule has 0 spiro atoms. The van der Waals surface area contributed by atoms with Gasteiger partial charge >= 0.3 is 0 Å². The fraction of sp³-hybridized carbons (Fsp3) is 1.00. The van der Waals surface area contributed by atoms with Crippen molar-refractivity contribution in [2.24, 2.45) is 16.6 Å². The maximum atomic E-state index is 10.6. The Bertz CT molecular complexity index is 148. The molecule has 0 heterocycles. The molecule has 0 saturated carbocycles. The third-order valence-corrected chi connectivity index (χ3v) is 2.99. The van der Waals surface area contributed by atoms with E-state index in [0.29, 0.717) is 13.0 Å². The first-order valence-corrected chi connectivity index (χ1v) is 4.99. The van der Waals surface area contributed by atoms with E-state index in [0.717, 1.165) is 0 Å². The Balaban J connectivity index is 4.96. The van der Waals surface area contributed by atoms with Crippen LogP contribution in [-0.2, 0) is 0 Å². The molecule has 0 fully saturated rings. The fourth-order valence-corrected chi connectivity index (χ4v) is 2.08. The van der Waals surface area contributed by atoms with Gasteiger partial charge in [0.15, 0.2) is 0 Å². The number of aliphatic hydroxyl groups is 1. The summed E-state index contributed by atoms with van der Waals surface area (Å²) in [6.07, 6.45) is 0.653. The molecule has 0 aliphatic rings. The van der Waals surface area contributed by atoms with Crippen molar-refractivity contribution in [1.29, 1.82) is 0 Å². The van der Waals surface area contributed by atoms with E-state index in [1.54, 1.807) is 0 Å². The lowest BCUT2D eigenvalue weighted by atomic mass is 9.61. The lowest BCUT2D eigenvalue weighted by Crippen LogP contribution is -2.54. The second-order valence-corrected chi connectivity index (χ2v) is 5.90. The number of hydrogen-bond donors (Lipinski definition) is 2. The van der Waals surface area contributed by atoms with Crippen molar-refractivity contribution in [2.75, 3.05) is 6.54 Å². The van der Waals surface area contributed by atoms with E-state index in [1.165, 1.54) is 0 Å². The molecule has 0 atom stereocenters. The number of hydrogen-bond acceptors (Lipinski definition) is 2. The lowest BCUT2D eigenvalue weighted by molar-refractivity contribution is -0.140. The van der Waals surface area contributed by atoms with Crippen molar-refractivity contribution in [3.05, 3.63) is 0 Å². The van der Waals surface area contributed by atoms with Gasteiger partial charge in [0.05, 0.1) is 5.60 Å². The molecule has 0 unspecified atom stereocenters. The minimum absolute atomic E-state index is 0.134. The average molecular weight is 187 g/mol. The highest BCUT2D eigenvalue weighted by Crippen LogP contribution is 2.45. The van der Waals surface area contributed by atoms with Crippen molar-refractivity contribution in [2.45, 2.75) is 53.6 Å². The Hall–Kier alpha value is -0.0800. The molecule has 0 radical (unpaired) electrons. The molecule has 0 saturated heterocycles. The Morgan fingerprint density at radius 2 is 1.23 bits per heavy atom. The van der Waals surface area contributed by atoms with Gasteiger partial charge in [-0.1, -0.05) is 41.5 Å². The number of rotatable bonds is 2. The van der Waals surface area contributed by atoms with Crippen LogP contribution in [0.3, 0.4) is 0 Å². The van der Waals surface area contributed by atoms with Crippen LogP contribution in [0.5, 0.6) is 0 Å². The van der Waals surface area contributed by atoms with E-state index in [4.69, 9.17) is 5.73 Å². The molecule has 0 aliphatic heterocycles. The third-order valence-electron chi connectivity index (χ3n) is 2.99. The van der Waals surface area contributed by atoms with E-state index in [1.807, 2.05) is 0 Å². The molecule has 0 aromatic rings. The van der Waals surface area contributed by atoms with Crippen LogP contribution in [0.4, 0.5) is 0 Å². The van der Waals surface area contributed by atoms with Crippen LogP contribution in [0.25, 0.3) is 0 Å². The Labute approximate surface area is 82.5 Å². The molecule has 2 heteroatoms.